The maximum Gasteiger partial charge on any atom is 0.243 e. The second kappa shape index (κ2) is 7.07. The summed E-state index contributed by atoms with van der Waals surface area (Å²) in [6, 6.07) is 3.75. The molecule has 8 heteroatoms. The number of anilines is 1. The number of methoxy groups -OCH3 is 2. The van der Waals surface area contributed by atoms with E-state index in [1.807, 2.05) is 12.1 Å². The normalized spacial score (nSPS) is 10.2. The standard InChI is InChI=1S/C13H16BrN5O2/c1-4-7-19-13(16-17-18-19)15-8-9-10(14)5-6-11(20-2)12(9)21-3/h4-6H,1,7-8H2,2-3H3,(H,15,16,18). The van der Waals surface area contributed by atoms with Crippen LogP contribution in [0.2, 0.25) is 0 Å². The molecule has 1 aromatic heterocycles. The van der Waals surface area contributed by atoms with Gasteiger partial charge in [-0.2, -0.15) is 0 Å². The second-order valence-corrected chi connectivity index (χ2v) is 4.94. The van der Waals surface area contributed by atoms with Gasteiger partial charge in [0.05, 0.1) is 20.8 Å². The summed E-state index contributed by atoms with van der Waals surface area (Å²) in [7, 11) is 3.21. The first kappa shape index (κ1) is 15.3. The molecule has 0 atom stereocenters. The van der Waals surface area contributed by atoms with Crippen LogP contribution in [0.1, 0.15) is 5.56 Å². The van der Waals surface area contributed by atoms with Crippen LogP contribution in [0.5, 0.6) is 11.5 Å². The maximum absolute atomic E-state index is 5.43. The van der Waals surface area contributed by atoms with Crippen molar-refractivity contribution in [2.24, 2.45) is 0 Å². The number of halogens is 1. The summed E-state index contributed by atoms with van der Waals surface area (Å²) in [6.45, 7) is 4.69. The van der Waals surface area contributed by atoms with E-state index in [1.165, 1.54) is 0 Å². The molecule has 0 aliphatic heterocycles. The van der Waals surface area contributed by atoms with Gasteiger partial charge in [0, 0.05) is 16.6 Å². The predicted octanol–water partition coefficient (Wildman–Crippen LogP) is 2.25. The highest BCUT2D eigenvalue weighted by atomic mass is 79.9. The van der Waals surface area contributed by atoms with Crippen LogP contribution in [-0.2, 0) is 13.1 Å². The third-order valence-corrected chi connectivity index (χ3v) is 3.59. The molecule has 2 rings (SSSR count). The van der Waals surface area contributed by atoms with Crippen molar-refractivity contribution in [3.8, 4) is 11.5 Å². The first-order chi connectivity index (χ1) is 10.2. The van der Waals surface area contributed by atoms with Gasteiger partial charge < -0.3 is 14.8 Å². The van der Waals surface area contributed by atoms with Crippen LogP contribution in [0.15, 0.2) is 29.3 Å². The molecule has 0 saturated heterocycles. The molecule has 0 aliphatic carbocycles. The highest BCUT2D eigenvalue weighted by Crippen LogP contribution is 2.36. The number of rotatable bonds is 7. The van der Waals surface area contributed by atoms with Gasteiger partial charge in [0.25, 0.3) is 0 Å². The first-order valence-electron chi connectivity index (χ1n) is 6.21. The Morgan fingerprint density at radius 3 is 2.86 bits per heavy atom. The van der Waals surface area contributed by atoms with Gasteiger partial charge in [-0.15, -0.1) is 6.58 Å². The van der Waals surface area contributed by atoms with Gasteiger partial charge in [-0.3, -0.25) is 0 Å². The van der Waals surface area contributed by atoms with E-state index >= 15 is 0 Å². The summed E-state index contributed by atoms with van der Waals surface area (Å²) < 4.78 is 13.3. The molecule has 1 aromatic carbocycles. The molecule has 7 nitrogen and oxygen atoms in total. The molecule has 21 heavy (non-hydrogen) atoms. The molecule has 0 fully saturated rings. The number of nitrogens with zero attached hydrogens (tertiary/aromatic N) is 4. The Balaban J connectivity index is 2.23. The third kappa shape index (κ3) is 3.33. The Labute approximate surface area is 131 Å². The molecule has 0 radical (unpaired) electrons. The fourth-order valence-corrected chi connectivity index (χ4v) is 2.33. The monoisotopic (exact) mass is 353 g/mol. The Morgan fingerprint density at radius 1 is 1.38 bits per heavy atom. The number of aromatic nitrogens is 4. The van der Waals surface area contributed by atoms with Crippen molar-refractivity contribution in [2.75, 3.05) is 19.5 Å². The SMILES string of the molecule is C=CCn1nnnc1NCc1c(Br)ccc(OC)c1OC. The molecular formula is C13H16BrN5O2. The molecule has 2 aromatic rings. The van der Waals surface area contributed by atoms with Crippen molar-refractivity contribution in [3.63, 3.8) is 0 Å². The van der Waals surface area contributed by atoms with Gasteiger partial charge in [0.1, 0.15) is 0 Å². The zero-order valence-corrected chi connectivity index (χ0v) is 13.4. The zero-order chi connectivity index (χ0) is 15.2. The van der Waals surface area contributed by atoms with E-state index in [-0.39, 0.29) is 0 Å². The molecule has 0 spiro atoms. The smallest absolute Gasteiger partial charge is 0.243 e. The minimum Gasteiger partial charge on any atom is -0.493 e. The minimum atomic E-state index is 0.485. The van der Waals surface area contributed by atoms with Crippen LogP contribution in [0, 0.1) is 0 Å². The zero-order valence-electron chi connectivity index (χ0n) is 11.8. The molecule has 0 amide bonds. The highest BCUT2D eigenvalue weighted by Gasteiger charge is 2.14. The van der Waals surface area contributed by atoms with Gasteiger partial charge in [0.15, 0.2) is 11.5 Å². The summed E-state index contributed by atoms with van der Waals surface area (Å²) in [5.41, 5.74) is 0.921. The Morgan fingerprint density at radius 2 is 2.19 bits per heavy atom. The summed E-state index contributed by atoms with van der Waals surface area (Å²) >= 11 is 3.51. The summed E-state index contributed by atoms with van der Waals surface area (Å²) in [4.78, 5) is 0. The van der Waals surface area contributed by atoms with Gasteiger partial charge in [-0.25, -0.2) is 4.68 Å². The third-order valence-electron chi connectivity index (χ3n) is 2.85. The largest absolute Gasteiger partial charge is 0.493 e. The average molecular weight is 354 g/mol. The summed E-state index contributed by atoms with van der Waals surface area (Å²) in [6.07, 6.45) is 1.73. The number of nitrogens with one attached hydrogen (secondary N) is 1. The van der Waals surface area contributed by atoms with Crippen molar-refractivity contribution >= 4 is 21.9 Å². The van der Waals surface area contributed by atoms with Gasteiger partial charge >= 0.3 is 0 Å². The van der Waals surface area contributed by atoms with Crippen LogP contribution < -0.4 is 14.8 Å². The Hall–Kier alpha value is -2.09. The molecule has 0 saturated carbocycles. The topological polar surface area (TPSA) is 74.1 Å². The maximum atomic E-state index is 5.43. The average Bonchev–Trinajstić information content (AvgIpc) is 2.93. The van der Waals surface area contributed by atoms with Crippen LogP contribution in [0.25, 0.3) is 0 Å². The van der Waals surface area contributed by atoms with E-state index in [2.05, 4.69) is 43.4 Å². The number of benzene rings is 1. The summed E-state index contributed by atoms with van der Waals surface area (Å²) in [5, 5.41) is 14.6. The van der Waals surface area contributed by atoms with Crippen LogP contribution in [-0.4, -0.2) is 34.4 Å². The van der Waals surface area contributed by atoms with E-state index < -0.39 is 0 Å². The van der Waals surface area contributed by atoms with Crippen molar-refractivity contribution < 1.29 is 9.47 Å². The van der Waals surface area contributed by atoms with Crippen LogP contribution >= 0.6 is 15.9 Å². The quantitative estimate of drug-likeness (QED) is 0.769. The fraction of sp³-hybridized carbons (Fsp3) is 0.308. The number of hydrogen-bond donors (Lipinski definition) is 1. The number of ether oxygens (including phenoxy) is 2. The van der Waals surface area contributed by atoms with Gasteiger partial charge in [0.2, 0.25) is 5.95 Å². The van der Waals surface area contributed by atoms with E-state index in [9.17, 15) is 0 Å². The second-order valence-electron chi connectivity index (χ2n) is 4.09. The van der Waals surface area contributed by atoms with Crippen molar-refractivity contribution in [1.29, 1.82) is 0 Å². The molecule has 1 N–H and O–H groups in total. The van der Waals surface area contributed by atoms with Gasteiger partial charge in [-0.05, 0) is 22.6 Å². The lowest BCUT2D eigenvalue weighted by Gasteiger charge is -2.15. The number of tetrazole rings is 1. The fourth-order valence-electron chi connectivity index (χ4n) is 1.88. The van der Waals surface area contributed by atoms with Crippen molar-refractivity contribution in [1.82, 2.24) is 20.2 Å². The van der Waals surface area contributed by atoms with Gasteiger partial charge in [-0.1, -0.05) is 27.1 Å². The molecule has 0 aliphatic rings. The highest BCUT2D eigenvalue weighted by molar-refractivity contribution is 9.10. The molecule has 1 heterocycles. The molecular weight excluding hydrogens is 338 g/mol. The number of allylic oxidation sites excluding steroid dienone is 1. The van der Waals surface area contributed by atoms with E-state index in [4.69, 9.17) is 9.47 Å². The lowest BCUT2D eigenvalue weighted by Crippen LogP contribution is -2.09. The summed E-state index contributed by atoms with van der Waals surface area (Å²) in [5.74, 6) is 1.90. The minimum absolute atomic E-state index is 0.485. The van der Waals surface area contributed by atoms with Crippen LogP contribution in [0.3, 0.4) is 0 Å². The molecule has 0 bridgehead atoms. The lowest BCUT2D eigenvalue weighted by molar-refractivity contribution is 0.351. The van der Waals surface area contributed by atoms with E-state index in [1.54, 1.807) is 25.0 Å². The Kier molecular flexibility index (Phi) is 5.15. The molecule has 112 valence electrons. The lowest BCUT2D eigenvalue weighted by atomic mass is 10.2. The predicted molar refractivity (Wildman–Crippen MR) is 82.6 cm³/mol. The Bertz CT molecular complexity index is 629. The van der Waals surface area contributed by atoms with Crippen molar-refractivity contribution in [2.45, 2.75) is 13.1 Å². The van der Waals surface area contributed by atoms with Crippen LogP contribution in [0.4, 0.5) is 5.95 Å². The number of hydrogen-bond acceptors (Lipinski definition) is 6. The van der Waals surface area contributed by atoms with E-state index in [0.29, 0.717) is 30.5 Å². The van der Waals surface area contributed by atoms with Crippen molar-refractivity contribution in [3.05, 3.63) is 34.8 Å². The molecule has 0 unspecified atom stereocenters. The first-order valence-corrected chi connectivity index (χ1v) is 7.00. The van der Waals surface area contributed by atoms with E-state index in [0.717, 1.165) is 10.0 Å².